The Bertz CT molecular complexity index is 1060. The van der Waals surface area contributed by atoms with E-state index in [2.05, 4.69) is 15.6 Å². The number of carbonyl (C=O) groups is 3. The van der Waals surface area contributed by atoms with Crippen LogP contribution < -0.4 is 10.2 Å². The summed E-state index contributed by atoms with van der Waals surface area (Å²) in [5.41, 5.74) is 2.11. The number of esters is 1. The molecule has 0 bridgehead atoms. The fourth-order valence-electron chi connectivity index (χ4n) is 2.97. The molecule has 0 saturated carbocycles. The van der Waals surface area contributed by atoms with Gasteiger partial charge < -0.3 is 10.1 Å². The molecule has 146 valence electrons. The van der Waals surface area contributed by atoms with E-state index >= 15 is 0 Å². The molecule has 4 rings (SSSR count). The van der Waals surface area contributed by atoms with E-state index in [0.717, 1.165) is 5.56 Å². The molecule has 0 aliphatic carbocycles. The largest absolute Gasteiger partial charge is 0.451 e. The van der Waals surface area contributed by atoms with Crippen LogP contribution in [0.1, 0.15) is 16.1 Å². The fraction of sp³-hybridized carbons (Fsp3) is 0.150. The van der Waals surface area contributed by atoms with E-state index in [1.807, 2.05) is 30.3 Å². The first-order chi connectivity index (χ1) is 14.1. The minimum absolute atomic E-state index is 0.00511. The molecule has 9 heteroatoms. The molecule has 0 atom stereocenters. The maximum atomic E-state index is 12.5. The van der Waals surface area contributed by atoms with Crippen molar-refractivity contribution < 1.29 is 19.1 Å². The molecule has 0 radical (unpaired) electrons. The summed E-state index contributed by atoms with van der Waals surface area (Å²) in [4.78, 5) is 37.8. The van der Waals surface area contributed by atoms with Crippen LogP contribution in [0.2, 0.25) is 0 Å². The van der Waals surface area contributed by atoms with Crippen LogP contribution in [-0.2, 0) is 20.9 Å². The lowest BCUT2D eigenvalue weighted by molar-refractivity contribution is -0.124. The fourth-order valence-corrected chi connectivity index (χ4v) is 2.97. The van der Waals surface area contributed by atoms with Crippen LogP contribution in [0.5, 0.6) is 0 Å². The number of nitrogens with one attached hydrogen (secondary N) is 1. The number of ether oxygens (including phenoxy) is 1. The van der Waals surface area contributed by atoms with Gasteiger partial charge in [0, 0.05) is 0 Å². The van der Waals surface area contributed by atoms with E-state index in [-0.39, 0.29) is 18.1 Å². The molecule has 1 aliphatic heterocycles. The Hall–Kier alpha value is -4.01. The van der Waals surface area contributed by atoms with Crippen molar-refractivity contribution in [1.82, 2.24) is 15.0 Å². The SMILES string of the molecule is O=C1CN(C(=O)COC(=O)c2cn(Cc3ccccc3)nn2)c2ccccc2N1. The molecule has 0 saturated heterocycles. The third-order valence-electron chi connectivity index (χ3n) is 4.33. The van der Waals surface area contributed by atoms with Crippen molar-refractivity contribution in [3.63, 3.8) is 0 Å². The molecular formula is C20H17N5O4. The second-order valence-electron chi connectivity index (χ2n) is 6.41. The number of hydrogen-bond acceptors (Lipinski definition) is 6. The van der Waals surface area contributed by atoms with Gasteiger partial charge in [0.05, 0.1) is 24.1 Å². The molecule has 2 heterocycles. The van der Waals surface area contributed by atoms with Gasteiger partial charge in [-0.15, -0.1) is 5.10 Å². The minimum atomic E-state index is -0.757. The Kier molecular flexibility index (Phi) is 5.02. The zero-order chi connectivity index (χ0) is 20.2. The second kappa shape index (κ2) is 7.93. The Morgan fingerprint density at radius 2 is 1.83 bits per heavy atom. The van der Waals surface area contributed by atoms with Gasteiger partial charge >= 0.3 is 5.97 Å². The molecule has 2 aromatic carbocycles. The number of amides is 2. The van der Waals surface area contributed by atoms with E-state index in [9.17, 15) is 14.4 Å². The highest BCUT2D eigenvalue weighted by Crippen LogP contribution is 2.28. The van der Waals surface area contributed by atoms with Crippen LogP contribution in [0, 0.1) is 0 Å². The number of hydrogen-bond donors (Lipinski definition) is 1. The van der Waals surface area contributed by atoms with E-state index in [1.54, 1.807) is 24.3 Å². The standard InChI is InChI=1S/C20H17N5O4/c26-18-12-25(17-9-5-4-8-15(17)21-18)19(27)13-29-20(28)16-11-24(23-22-16)10-14-6-2-1-3-7-14/h1-9,11H,10,12-13H2,(H,21,26). The van der Waals surface area contributed by atoms with Crippen molar-refractivity contribution in [1.29, 1.82) is 0 Å². The lowest BCUT2D eigenvalue weighted by Gasteiger charge is -2.28. The summed E-state index contributed by atoms with van der Waals surface area (Å²) >= 11 is 0. The van der Waals surface area contributed by atoms with Gasteiger partial charge in [-0.05, 0) is 17.7 Å². The van der Waals surface area contributed by atoms with Crippen LogP contribution in [0.4, 0.5) is 11.4 Å². The number of rotatable bonds is 5. The van der Waals surface area contributed by atoms with E-state index < -0.39 is 18.5 Å². The smallest absolute Gasteiger partial charge is 0.361 e. The van der Waals surface area contributed by atoms with Crippen LogP contribution >= 0.6 is 0 Å². The normalized spacial score (nSPS) is 12.8. The van der Waals surface area contributed by atoms with Gasteiger partial charge in [-0.3, -0.25) is 14.5 Å². The number of benzene rings is 2. The van der Waals surface area contributed by atoms with Crippen molar-refractivity contribution >= 4 is 29.2 Å². The number of fused-ring (bicyclic) bond motifs is 1. The van der Waals surface area contributed by atoms with Crippen LogP contribution in [0.3, 0.4) is 0 Å². The van der Waals surface area contributed by atoms with Crippen molar-refractivity contribution in [2.45, 2.75) is 6.54 Å². The van der Waals surface area contributed by atoms with Gasteiger partial charge in [-0.2, -0.15) is 0 Å². The van der Waals surface area contributed by atoms with Crippen molar-refractivity contribution in [3.05, 3.63) is 72.1 Å². The Morgan fingerprint density at radius 3 is 2.66 bits per heavy atom. The van der Waals surface area contributed by atoms with Gasteiger partial charge in [0.25, 0.3) is 5.91 Å². The van der Waals surface area contributed by atoms with Crippen molar-refractivity contribution in [2.24, 2.45) is 0 Å². The first-order valence-electron chi connectivity index (χ1n) is 8.90. The Labute approximate surface area is 165 Å². The molecular weight excluding hydrogens is 374 g/mol. The van der Waals surface area contributed by atoms with Gasteiger partial charge in [-0.1, -0.05) is 47.7 Å². The van der Waals surface area contributed by atoms with Crippen molar-refractivity contribution in [3.8, 4) is 0 Å². The van der Waals surface area contributed by atoms with Gasteiger partial charge in [0.2, 0.25) is 5.91 Å². The van der Waals surface area contributed by atoms with Crippen LogP contribution in [-0.4, -0.2) is 45.9 Å². The number of carbonyl (C=O) groups excluding carboxylic acids is 3. The lowest BCUT2D eigenvalue weighted by Crippen LogP contribution is -2.44. The van der Waals surface area contributed by atoms with Crippen molar-refractivity contribution in [2.75, 3.05) is 23.4 Å². The summed E-state index contributed by atoms with van der Waals surface area (Å²) in [6, 6.07) is 16.5. The maximum absolute atomic E-state index is 12.5. The topological polar surface area (TPSA) is 106 Å². The Balaban J connectivity index is 1.38. The molecule has 1 N–H and O–H groups in total. The zero-order valence-corrected chi connectivity index (χ0v) is 15.3. The highest BCUT2D eigenvalue weighted by Gasteiger charge is 2.27. The average Bonchev–Trinajstić information content (AvgIpc) is 3.20. The molecule has 1 aliphatic rings. The van der Waals surface area contributed by atoms with Gasteiger partial charge in [0.1, 0.15) is 6.54 Å². The predicted molar refractivity (Wildman–Crippen MR) is 103 cm³/mol. The lowest BCUT2D eigenvalue weighted by atomic mass is 10.2. The number of anilines is 2. The van der Waals surface area contributed by atoms with Crippen LogP contribution in [0.25, 0.3) is 0 Å². The van der Waals surface area contributed by atoms with E-state index in [0.29, 0.717) is 17.9 Å². The molecule has 2 amide bonds. The quantitative estimate of drug-likeness (QED) is 0.660. The summed E-state index contributed by atoms with van der Waals surface area (Å²) in [6.07, 6.45) is 1.46. The van der Waals surface area contributed by atoms with Gasteiger partial charge in [0.15, 0.2) is 12.3 Å². The number of aromatic nitrogens is 3. The highest BCUT2D eigenvalue weighted by molar-refractivity contribution is 6.10. The molecule has 29 heavy (non-hydrogen) atoms. The summed E-state index contributed by atoms with van der Waals surface area (Å²) in [5, 5.41) is 10.4. The summed E-state index contributed by atoms with van der Waals surface area (Å²) in [5.74, 6) is -1.57. The molecule has 0 unspecified atom stereocenters. The molecule has 1 aromatic heterocycles. The zero-order valence-electron chi connectivity index (χ0n) is 15.3. The predicted octanol–water partition coefficient (Wildman–Crippen LogP) is 1.47. The third kappa shape index (κ3) is 4.13. The van der Waals surface area contributed by atoms with Crippen LogP contribution in [0.15, 0.2) is 60.8 Å². The average molecular weight is 391 g/mol. The summed E-state index contributed by atoms with van der Waals surface area (Å²) in [6.45, 7) is -0.188. The molecule has 0 spiro atoms. The monoisotopic (exact) mass is 391 g/mol. The molecule has 9 nitrogen and oxygen atoms in total. The molecule has 0 fully saturated rings. The summed E-state index contributed by atoms with van der Waals surface area (Å²) < 4.78 is 6.59. The second-order valence-corrected chi connectivity index (χ2v) is 6.41. The van der Waals surface area contributed by atoms with E-state index in [1.165, 1.54) is 15.8 Å². The highest BCUT2D eigenvalue weighted by atomic mass is 16.5. The first kappa shape index (κ1) is 18.4. The minimum Gasteiger partial charge on any atom is -0.451 e. The number of nitrogens with zero attached hydrogens (tertiary/aromatic N) is 4. The Morgan fingerprint density at radius 1 is 1.07 bits per heavy atom. The first-order valence-corrected chi connectivity index (χ1v) is 8.90. The summed E-state index contributed by atoms with van der Waals surface area (Å²) in [7, 11) is 0. The maximum Gasteiger partial charge on any atom is 0.361 e. The van der Waals surface area contributed by atoms with Gasteiger partial charge in [-0.25, -0.2) is 9.48 Å². The number of para-hydroxylation sites is 2. The molecule has 3 aromatic rings. The third-order valence-corrected chi connectivity index (χ3v) is 4.33. The van der Waals surface area contributed by atoms with E-state index in [4.69, 9.17) is 4.74 Å².